The summed E-state index contributed by atoms with van der Waals surface area (Å²) >= 11 is 1.51. The predicted molar refractivity (Wildman–Crippen MR) is 74.2 cm³/mol. The van der Waals surface area contributed by atoms with Crippen LogP contribution in [0, 0.1) is 10.1 Å². The SMILES string of the molecule is CCC(=CCSc1ccc([N+](=O)[O-])cc1)C(=O)OC. The fourth-order valence-corrected chi connectivity index (χ4v) is 2.21. The van der Waals surface area contributed by atoms with E-state index in [9.17, 15) is 14.9 Å². The van der Waals surface area contributed by atoms with Gasteiger partial charge in [-0.3, -0.25) is 10.1 Å². The number of methoxy groups -OCH3 is 1. The van der Waals surface area contributed by atoms with Crippen molar-refractivity contribution in [2.24, 2.45) is 0 Å². The normalized spacial score (nSPS) is 11.2. The molecule has 19 heavy (non-hydrogen) atoms. The summed E-state index contributed by atoms with van der Waals surface area (Å²) in [6.45, 7) is 1.89. The first-order valence-electron chi connectivity index (χ1n) is 5.73. The molecule has 0 aliphatic rings. The summed E-state index contributed by atoms with van der Waals surface area (Å²) in [4.78, 5) is 22.3. The van der Waals surface area contributed by atoms with Gasteiger partial charge in [-0.05, 0) is 18.6 Å². The molecule has 0 aliphatic heterocycles. The number of carbonyl (C=O) groups excluding carboxylic acids is 1. The summed E-state index contributed by atoms with van der Waals surface area (Å²) in [5.41, 5.74) is 0.709. The molecule has 0 aromatic heterocycles. The third-order valence-electron chi connectivity index (χ3n) is 2.46. The second-order valence-corrected chi connectivity index (χ2v) is 4.73. The minimum atomic E-state index is -0.430. The maximum Gasteiger partial charge on any atom is 0.333 e. The van der Waals surface area contributed by atoms with Gasteiger partial charge >= 0.3 is 5.97 Å². The maximum absolute atomic E-state index is 11.3. The van der Waals surface area contributed by atoms with E-state index in [-0.39, 0.29) is 11.7 Å². The molecule has 0 saturated carbocycles. The van der Waals surface area contributed by atoms with Crippen LogP contribution in [-0.4, -0.2) is 23.8 Å². The third-order valence-corrected chi connectivity index (χ3v) is 3.39. The highest BCUT2D eigenvalue weighted by Gasteiger charge is 2.07. The van der Waals surface area contributed by atoms with Gasteiger partial charge in [0.1, 0.15) is 0 Å². The standard InChI is InChI=1S/C13H15NO4S/c1-3-10(13(15)18-2)8-9-19-12-6-4-11(5-7-12)14(16)17/h4-8H,3,9H2,1-2H3. The molecule has 0 saturated heterocycles. The zero-order chi connectivity index (χ0) is 14.3. The average molecular weight is 281 g/mol. The molecule has 0 heterocycles. The summed E-state index contributed by atoms with van der Waals surface area (Å²) in [6.07, 6.45) is 2.44. The van der Waals surface area contributed by atoms with Crippen LogP contribution in [0.15, 0.2) is 40.8 Å². The number of thioether (sulfide) groups is 1. The molecule has 0 atom stereocenters. The minimum absolute atomic E-state index is 0.0729. The van der Waals surface area contributed by atoms with Crippen molar-refractivity contribution < 1.29 is 14.5 Å². The first-order valence-corrected chi connectivity index (χ1v) is 6.71. The van der Waals surface area contributed by atoms with Crippen LogP contribution in [0.4, 0.5) is 5.69 Å². The smallest absolute Gasteiger partial charge is 0.333 e. The van der Waals surface area contributed by atoms with E-state index in [1.165, 1.54) is 31.0 Å². The zero-order valence-corrected chi connectivity index (χ0v) is 11.6. The van der Waals surface area contributed by atoms with Crippen molar-refractivity contribution in [3.63, 3.8) is 0 Å². The van der Waals surface area contributed by atoms with Crippen molar-refractivity contribution in [2.75, 3.05) is 12.9 Å². The van der Waals surface area contributed by atoms with E-state index in [0.717, 1.165) is 4.90 Å². The Balaban J connectivity index is 2.59. The lowest BCUT2D eigenvalue weighted by Crippen LogP contribution is -2.04. The van der Waals surface area contributed by atoms with Gasteiger partial charge in [0.05, 0.1) is 12.0 Å². The molecule has 0 amide bonds. The number of ether oxygens (including phenoxy) is 1. The van der Waals surface area contributed by atoms with E-state index in [4.69, 9.17) is 0 Å². The molecule has 1 aromatic rings. The van der Waals surface area contributed by atoms with E-state index in [0.29, 0.717) is 17.7 Å². The Labute approximate surface area is 115 Å². The van der Waals surface area contributed by atoms with E-state index >= 15 is 0 Å². The Morgan fingerprint density at radius 1 is 1.42 bits per heavy atom. The largest absolute Gasteiger partial charge is 0.466 e. The summed E-state index contributed by atoms with van der Waals surface area (Å²) < 4.78 is 4.66. The van der Waals surface area contributed by atoms with E-state index in [2.05, 4.69) is 4.74 Å². The molecule has 0 bridgehead atoms. The Morgan fingerprint density at radius 3 is 2.53 bits per heavy atom. The van der Waals surface area contributed by atoms with Crippen molar-refractivity contribution in [3.8, 4) is 0 Å². The first kappa shape index (κ1) is 15.2. The Kier molecular flexibility index (Phi) is 6.08. The number of rotatable bonds is 6. The molecule has 102 valence electrons. The molecule has 0 fully saturated rings. The van der Waals surface area contributed by atoms with Crippen molar-refractivity contribution in [1.29, 1.82) is 0 Å². The van der Waals surface area contributed by atoms with Gasteiger partial charge in [-0.15, -0.1) is 11.8 Å². The molecule has 1 rings (SSSR count). The summed E-state index contributed by atoms with van der Waals surface area (Å²) in [5.74, 6) is 0.308. The van der Waals surface area contributed by atoms with Crippen LogP contribution in [0.3, 0.4) is 0 Å². The molecular weight excluding hydrogens is 266 g/mol. The summed E-state index contributed by atoms with van der Waals surface area (Å²) in [5, 5.41) is 10.5. The second-order valence-electron chi connectivity index (χ2n) is 3.64. The van der Waals surface area contributed by atoms with Crippen molar-refractivity contribution in [3.05, 3.63) is 46.0 Å². The predicted octanol–water partition coefficient (Wildman–Crippen LogP) is 3.20. The summed E-state index contributed by atoms with van der Waals surface area (Å²) in [6, 6.07) is 6.32. The van der Waals surface area contributed by atoms with Crippen molar-refractivity contribution in [1.82, 2.24) is 0 Å². The van der Waals surface area contributed by atoms with Crippen molar-refractivity contribution in [2.45, 2.75) is 18.2 Å². The number of non-ortho nitro benzene ring substituents is 1. The number of esters is 1. The van der Waals surface area contributed by atoms with Gasteiger partial charge in [0.15, 0.2) is 0 Å². The van der Waals surface area contributed by atoms with E-state index in [1.54, 1.807) is 12.1 Å². The number of nitrogens with zero attached hydrogens (tertiary/aromatic N) is 1. The quantitative estimate of drug-likeness (QED) is 0.263. The second kappa shape index (κ2) is 7.58. The molecule has 0 spiro atoms. The number of hydrogen-bond donors (Lipinski definition) is 0. The van der Waals surface area contributed by atoms with Gasteiger partial charge < -0.3 is 4.74 Å². The van der Waals surface area contributed by atoms with Gasteiger partial charge in [-0.25, -0.2) is 4.79 Å². The number of nitro benzene ring substituents is 1. The van der Waals surface area contributed by atoms with Gasteiger partial charge in [-0.2, -0.15) is 0 Å². The molecule has 0 N–H and O–H groups in total. The minimum Gasteiger partial charge on any atom is -0.466 e. The van der Waals surface area contributed by atoms with Gasteiger partial charge in [0.25, 0.3) is 5.69 Å². The number of benzene rings is 1. The molecule has 1 aromatic carbocycles. The average Bonchev–Trinajstić information content (AvgIpc) is 2.43. The van der Waals surface area contributed by atoms with E-state index < -0.39 is 4.92 Å². The molecule has 5 nitrogen and oxygen atoms in total. The van der Waals surface area contributed by atoms with Gasteiger partial charge in [0, 0.05) is 28.4 Å². The molecular formula is C13H15NO4S. The van der Waals surface area contributed by atoms with Crippen LogP contribution in [-0.2, 0) is 9.53 Å². The molecule has 0 aliphatic carbocycles. The highest BCUT2D eigenvalue weighted by atomic mass is 32.2. The zero-order valence-electron chi connectivity index (χ0n) is 10.8. The topological polar surface area (TPSA) is 69.4 Å². The van der Waals surface area contributed by atoms with Crippen LogP contribution < -0.4 is 0 Å². The summed E-state index contributed by atoms with van der Waals surface area (Å²) in [7, 11) is 1.36. The first-order chi connectivity index (χ1) is 9.08. The number of hydrogen-bond acceptors (Lipinski definition) is 5. The number of carbonyl (C=O) groups is 1. The van der Waals surface area contributed by atoms with Crippen molar-refractivity contribution >= 4 is 23.4 Å². The third kappa shape index (κ3) is 4.75. The van der Waals surface area contributed by atoms with Gasteiger partial charge in [0.2, 0.25) is 0 Å². The fourth-order valence-electron chi connectivity index (χ4n) is 1.41. The van der Waals surface area contributed by atoms with Crippen LogP contribution in [0.5, 0.6) is 0 Å². The van der Waals surface area contributed by atoms with E-state index in [1.807, 2.05) is 13.0 Å². The highest BCUT2D eigenvalue weighted by Crippen LogP contribution is 2.22. The molecule has 0 radical (unpaired) electrons. The monoisotopic (exact) mass is 281 g/mol. The Morgan fingerprint density at radius 2 is 2.05 bits per heavy atom. The molecule has 6 heteroatoms. The lowest BCUT2D eigenvalue weighted by atomic mass is 10.2. The van der Waals surface area contributed by atoms with Crippen LogP contribution in [0.25, 0.3) is 0 Å². The Bertz CT molecular complexity index is 482. The lowest BCUT2D eigenvalue weighted by Gasteiger charge is -2.02. The number of nitro groups is 1. The van der Waals surface area contributed by atoms with Crippen LogP contribution in [0.1, 0.15) is 13.3 Å². The van der Waals surface area contributed by atoms with Crippen LogP contribution >= 0.6 is 11.8 Å². The Hall–Kier alpha value is -1.82. The maximum atomic E-state index is 11.3. The van der Waals surface area contributed by atoms with Crippen LogP contribution in [0.2, 0.25) is 0 Å². The lowest BCUT2D eigenvalue weighted by molar-refractivity contribution is -0.384. The van der Waals surface area contributed by atoms with Gasteiger partial charge in [-0.1, -0.05) is 13.0 Å². The molecule has 0 unspecified atom stereocenters. The highest BCUT2D eigenvalue weighted by molar-refractivity contribution is 7.99. The fraction of sp³-hybridized carbons (Fsp3) is 0.308.